The minimum absolute atomic E-state index is 0.0337. The summed E-state index contributed by atoms with van der Waals surface area (Å²) in [5.41, 5.74) is 1.16. The van der Waals surface area contributed by atoms with Crippen molar-refractivity contribution in [1.29, 1.82) is 0 Å². The molecule has 2 saturated carbocycles. The molecule has 0 bridgehead atoms. The average Bonchev–Trinajstić information content (AvgIpc) is 2.93. The van der Waals surface area contributed by atoms with Gasteiger partial charge >= 0.3 is 0 Å². The predicted molar refractivity (Wildman–Crippen MR) is 76.8 cm³/mol. The molecule has 2 aliphatic rings. The Kier molecular flexibility index (Phi) is 3.48. The first-order chi connectivity index (χ1) is 9.15. The Morgan fingerprint density at radius 3 is 2.74 bits per heavy atom. The van der Waals surface area contributed by atoms with Gasteiger partial charge in [-0.1, -0.05) is 31.4 Å². The Hall–Kier alpha value is -0.730. The normalized spacial score (nSPS) is 28.4. The number of aliphatic hydroxyl groups excluding tert-OH is 1. The molecule has 1 aromatic rings. The maximum Gasteiger partial charge on any atom is 0.120 e. The molecule has 2 atom stereocenters. The third-order valence-corrected chi connectivity index (χ3v) is 5.32. The Labute approximate surface area is 119 Å². The average molecular weight is 281 g/mol. The maximum atomic E-state index is 10.1. The van der Waals surface area contributed by atoms with Crippen molar-refractivity contribution < 1.29 is 9.84 Å². The van der Waals surface area contributed by atoms with E-state index >= 15 is 0 Å². The van der Waals surface area contributed by atoms with Crippen LogP contribution in [0.2, 0.25) is 5.02 Å². The number of ether oxygens (including phenoxy) is 1. The van der Waals surface area contributed by atoms with Crippen LogP contribution < -0.4 is 4.74 Å². The molecule has 0 aliphatic heterocycles. The van der Waals surface area contributed by atoms with E-state index in [1.54, 1.807) is 0 Å². The van der Waals surface area contributed by atoms with Gasteiger partial charge < -0.3 is 9.84 Å². The lowest BCUT2D eigenvalue weighted by Gasteiger charge is -2.51. The summed E-state index contributed by atoms with van der Waals surface area (Å²) in [7, 11) is 0. The predicted octanol–water partition coefficient (Wildman–Crippen LogP) is 3.97. The Balaban J connectivity index is 1.75. The van der Waals surface area contributed by atoms with Crippen molar-refractivity contribution >= 4 is 11.6 Å². The van der Waals surface area contributed by atoms with E-state index in [1.165, 1.54) is 12.8 Å². The molecule has 1 aromatic carbocycles. The summed E-state index contributed by atoms with van der Waals surface area (Å²) in [5.74, 6) is 0.893. The van der Waals surface area contributed by atoms with Gasteiger partial charge in [0.25, 0.3) is 0 Å². The van der Waals surface area contributed by atoms with Gasteiger partial charge in [0.1, 0.15) is 11.9 Å². The van der Waals surface area contributed by atoms with Crippen molar-refractivity contribution in [3.8, 4) is 5.75 Å². The van der Waals surface area contributed by atoms with Crippen LogP contribution >= 0.6 is 11.6 Å². The highest BCUT2D eigenvalue weighted by atomic mass is 35.5. The SMILES string of the molecule is CCc1cc(OC2CC(O)C23CCCC3)ccc1Cl. The van der Waals surface area contributed by atoms with E-state index in [9.17, 15) is 5.11 Å². The van der Waals surface area contributed by atoms with Gasteiger partial charge in [0.05, 0.1) is 6.10 Å². The first-order valence-corrected chi connectivity index (χ1v) is 7.66. The van der Waals surface area contributed by atoms with Crippen LogP contribution in [0.25, 0.3) is 0 Å². The number of hydrogen-bond donors (Lipinski definition) is 1. The summed E-state index contributed by atoms with van der Waals surface area (Å²) in [6.07, 6.45) is 6.34. The van der Waals surface area contributed by atoms with Gasteiger partial charge in [-0.3, -0.25) is 0 Å². The molecule has 2 unspecified atom stereocenters. The smallest absolute Gasteiger partial charge is 0.120 e. The van der Waals surface area contributed by atoms with Crippen LogP contribution in [0.5, 0.6) is 5.75 Å². The summed E-state index contributed by atoms with van der Waals surface area (Å²) >= 11 is 6.13. The third-order valence-electron chi connectivity index (χ3n) is 4.95. The van der Waals surface area contributed by atoms with Crippen molar-refractivity contribution in [2.24, 2.45) is 5.41 Å². The molecular formula is C16H21ClO2. The number of rotatable bonds is 3. The first kappa shape index (κ1) is 13.3. The van der Waals surface area contributed by atoms with Gasteiger partial charge in [0.15, 0.2) is 0 Å². The van der Waals surface area contributed by atoms with Crippen molar-refractivity contribution in [2.75, 3.05) is 0 Å². The summed E-state index contributed by atoms with van der Waals surface area (Å²) in [4.78, 5) is 0. The molecule has 0 heterocycles. The molecule has 19 heavy (non-hydrogen) atoms. The molecule has 2 nitrogen and oxygen atoms in total. The van der Waals surface area contributed by atoms with E-state index < -0.39 is 0 Å². The van der Waals surface area contributed by atoms with Gasteiger partial charge in [-0.15, -0.1) is 0 Å². The van der Waals surface area contributed by atoms with Crippen molar-refractivity contribution in [3.05, 3.63) is 28.8 Å². The highest BCUT2D eigenvalue weighted by Crippen LogP contribution is 2.54. The van der Waals surface area contributed by atoms with Gasteiger partial charge in [0.2, 0.25) is 0 Å². The molecule has 3 heteroatoms. The van der Waals surface area contributed by atoms with Crippen molar-refractivity contribution in [3.63, 3.8) is 0 Å². The van der Waals surface area contributed by atoms with Crippen LogP contribution in [-0.4, -0.2) is 17.3 Å². The molecule has 0 radical (unpaired) electrons. The van der Waals surface area contributed by atoms with Crippen LogP contribution in [-0.2, 0) is 6.42 Å². The van der Waals surface area contributed by atoms with Gasteiger partial charge in [-0.2, -0.15) is 0 Å². The molecule has 2 aliphatic carbocycles. The Morgan fingerprint density at radius 2 is 2.11 bits per heavy atom. The quantitative estimate of drug-likeness (QED) is 0.908. The van der Waals surface area contributed by atoms with Crippen LogP contribution in [0.15, 0.2) is 18.2 Å². The molecule has 1 spiro atoms. The second-order valence-corrected chi connectivity index (χ2v) is 6.31. The largest absolute Gasteiger partial charge is 0.490 e. The fourth-order valence-corrected chi connectivity index (χ4v) is 3.89. The fourth-order valence-electron chi connectivity index (χ4n) is 3.64. The summed E-state index contributed by atoms with van der Waals surface area (Å²) in [5, 5.41) is 10.9. The van der Waals surface area contributed by atoms with E-state index in [1.807, 2.05) is 18.2 Å². The van der Waals surface area contributed by atoms with E-state index in [4.69, 9.17) is 16.3 Å². The zero-order valence-electron chi connectivity index (χ0n) is 11.4. The third kappa shape index (κ3) is 2.15. The van der Waals surface area contributed by atoms with Crippen LogP contribution in [0, 0.1) is 5.41 Å². The van der Waals surface area contributed by atoms with Crippen LogP contribution in [0.1, 0.15) is 44.6 Å². The molecule has 0 saturated heterocycles. The van der Waals surface area contributed by atoms with Gasteiger partial charge in [-0.25, -0.2) is 0 Å². The van der Waals surface area contributed by atoms with Gasteiger partial charge in [0, 0.05) is 16.9 Å². The zero-order valence-corrected chi connectivity index (χ0v) is 12.1. The van der Waals surface area contributed by atoms with E-state index in [0.717, 1.165) is 42.0 Å². The fraction of sp³-hybridized carbons (Fsp3) is 0.625. The zero-order chi connectivity index (χ0) is 13.5. The second-order valence-electron chi connectivity index (χ2n) is 5.91. The molecule has 1 N–H and O–H groups in total. The lowest BCUT2D eigenvalue weighted by Crippen LogP contribution is -2.58. The van der Waals surface area contributed by atoms with E-state index in [-0.39, 0.29) is 17.6 Å². The summed E-state index contributed by atoms with van der Waals surface area (Å²) in [6, 6.07) is 5.89. The van der Waals surface area contributed by atoms with Crippen molar-refractivity contribution in [1.82, 2.24) is 0 Å². The second kappa shape index (κ2) is 4.99. The maximum absolute atomic E-state index is 10.1. The number of hydrogen-bond acceptors (Lipinski definition) is 2. The Bertz CT molecular complexity index is 466. The Morgan fingerprint density at radius 1 is 1.37 bits per heavy atom. The number of aliphatic hydroxyl groups is 1. The molecule has 0 aromatic heterocycles. The topological polar surface area (TPSA) is 29.5 Å². The first-order valence-electron chi connectivity index (χ1n) is 7.29. The number of halogens is 1. The molecule has 2 fully saturated rings. The monoisotopic (exact) mass is 280 g/mol. The number of aryl methyl sites for hydroxylation is 1. The highest BCUT2D eigenvalue weighted by molar-refractivity contribution is 6.31. The number of benzene rings is 1. The lowest BCUT2D eigenvalue weighted by atomic mass is 9.62. The summed E-state index contributed by atoms with van der Waals surface area (Å²) < 4.78 is 6.14. The minimum Gasteiger partial charge on any atom is -0.490 e. The van der Waals surface area contributed by atoms with Crippen LogP contribution in [0.4, 0.5) is 0 Å². The summed E-state index contributed by atoms with van der Waals surface area (Å²) in [6.45, 7) is 2.09. The molecular weight excluding hydrogens is 260 g/mol. The standard InChI is InChI=1S/C16H21ClO2/c1-2-11-9-12(5-6-13(11)17)19-15-10-14(18)16(15)7-3-4-8-16/h5-6,9,14-15,18H,2-4,7-8,10H2,1H3. The molecule has 0 amide bonds. The van der Waals surface area contributed by atoms with Gasteiger partial charge in [-0.05, 0) is 43.0 Å². The minimum atomic E-state index is -0.169. The highest BCUT2D eigenvalue weighted by Gasteiger charge is 2.57. The molecule has 104 valence electrons. The lowest BCUT2D eigenvalue weighted by molar-refractivity contribution is -0.151. The molecule has 3 rings (SSSR count). The van der Waals surface area contributed by atoms with Crippen LogP contribution in [0.3, 0.4) is 0 Å². The van der Waals surface area contributed by atoms with Crippen molar-refractivity contribution in [2.45, 2.75) is 57.7 Å². The van der Waals surface area contributed by atoms with E-state index in [0.29, 0.717) is 0 Å². The van der Waals surface area contributed by atoms with E-state index in [2.05, 4.69) is 6.92 Å².